The molecule has 0 aliphatic carbocycles. The van der Waals surface area contributed by atoms with Gasteiger partial charge in [0.25, 0.3) is 0 Å². The number of hydrogen-bond acceptors (Lipinski definition) is 1. The van der Waals surface area contributed by atoms with Gasteiger partial charge >= 0.3 is 0 Å². The molecule has 0 aromatic rings. The topological polar surface area (TPSA) is 12.0 Å². The van der Waals surface area contributed by atoms with E-state index in [1.54, 1.807) is 5.57 Å². The third-order valence-electron chi connectivity index (χ3n) is 2.04. The maximum absolute atomic E-state index is 3.41. The zero-order valence-electron chi connectivity index (χ0n) is 8.10. The first-order valence-electron chi connectivity index (χ1n) is 4.69. The van der Waals surface area contributed by atoms with Gasteiger partial charge in [-0.3, -0.25) is 0 Å². The molecule has 1 aliphatic rings. The molecule has 0 spiro atoms. The maximum atomic E-state index is 3.41. The Morgan fingerprint density at radius 1 is 1.25 bits per heavy atom. The predicted molar refractivity (Wildman–Crippen MR) is 56.9 cm³/mol. The lowest BCUT2D eigenvalue weighted by Crippen LogP contribution is -2.13. The Bertz CT molecular complexity index is 131. The highest BCUT2D eigenvalue weighted by Crippen LogP contribution is 2.14. The largest absolute Gasteiger partial charge is 0.316 e. The maximum Gasteiger partial charge on any atom is -0.00116 e. The van der Waals surface area contributed by atoms with Crippen molar-refractivity contribution in [2.75, 3.05) is 13.1 Å². The summed E-state index contributed by atoms with van der Waals surface area (Å²) in [6, 6.07) is 0. The fourth-order valence-corrected chi connectivity index (χ4v) is 1.58. The molecule has 1 aliphatic heterocycles. The summed E-state index contributed by atoms with van der Waals surface area (Å²) in [5.74, 6) is 0.725. The van der Waals surface area contributed by atoms with Crippen LogP contribution in [0.5, 0.6) is 0 Å². The smallest absolute Gasteiger partial charge is 0.00116 e. The number of allylic oxidation sites excluding steroid dienone is 1. The van der Waals surface area contributed by atoms with Gasteiger partial charge in [-0.2, -0.15) is 0 Å². The van der Waals surface area contributed by atoms with Crippen LogP contribution in [0.4, 0.5) is 0 Å². The van der Waals surface area contributed by atoms with E-state index in [1.165, 1.54) is 32.4 Å². The number of rotatable bonds is 1. The van der Waals surface area contributed by atoms with Crippen LogP contribution >= 0.6 is 12.4 Å². The molecule has 72 valence electrons. The fraction of sp³-hybridized carbons (Fsp3) is 0.800. The first-order valence-corrected chi connectivity index (χ1v) is 4.69. The molecule has 0 aromatic carbocycles. The van der Waals surface area contributed by atoms with Gasteiger partial charge in [0, 0.05) is 0 Å². The van der Waals surface area contributed by atoms with Crippen LogP contribution in [-0.4, -0.2) is 13.1 Å². The normalized spacial score (nSPS) is 22.1. The SMILES string of the molecule is CC(C)/C=C1/CCCNCC1.Cl. The zero-order valence-corrected chi connectivity index (χ0v) is 8.91. The number of hydrogen-bond donors (Lipinski definition) is 1. The summed E-state index contributed by atoms with van der Waals surface area (Å²) in [4.78, 5) is 0. The number of nitrogens with one attached hydrogen (secondary N) is 1. The van der Waals surface area contributed by atoms with E-state index in [4.69, 9.17) is 0 Å². The molecular formula is C10H20ClN. The van der Waals surface area contributed by atoms with Gasteiger partial charge in [-0.25, -0.2) is 0 Å². The summed E-state index contributed by atoms with van der Waals surface area (Å²) in [7, 11) is 0. The summed E-state index contributed by atoms with van der Waals surface area (Å²) in [6.07, 6.45) is 6.31. The van der Waals surface area contributed by atoms with Crippen molar-refractivity contribution < 1.29 is 0 Å². The summed E-state index contributed by atoms with van der Waals surface area (Å²) < 4.78 is 0. The fourth-order valence-electron chi connectivity index (χ4n) is 1.58. The van der Waals surface area contributed by atoms with Crippen LogP contribution in [0.15, 0.2) is 11.6 Å². The molecule has 0 radical (unpaired) electrons. The van der Waals surface area contributed by atoms with Crippen LogP contribution in [0.25, 0.3) is 0 Å². The molecule has 0 amide bonds. The molecule has 0 aromatic heterocycles. The minimum absolute atomic E-state index is 0. The van der Waals surface area contributed by atoms with Gasteiger partial charge in [-0.15, -0.1) is 12.4 Å². The Morgan fingerprint density at radius 2 is 2.00 bits per heavy atom. The summed E-state index contributed by atoms with van der Waals surface area (Å²) >= 11 is 0. The third kappa shape index (κ3) is 4.78. The molecule has 0 saturated carbocycles. The average molecular weight is 190 g/mol. The molecule has 1 N–H and O–H groups in total. The van der Waals surface area contributed by atoms with Crippen molar-refractivity contribution in [3.63, 3.8) is 0 Å². The van der Waals surface area contributed by atoms with Crippen LogP contribution in [0.2, 0.25) is 0 Å². The second-order valence-corrected chi connectivity index (χ2v) is 3.67. The molecule has 2 heteroatoms. The van der Waals surface area contributed by atoms with Gasteiger partial charge in [0.05, 0.1) is 0 Å². The van der Waals surface area contributed by atoms with E-state index in [0.29, 0.717) is 0 Å². The van der Waals surface area contributed by atoms with Crippen molar-refractivity contribution in [2.45, 2.75) is 33.1 Å². The molecule has 1 heterocycles. The van der Waals surface area contributed by atoms with Gasteiger partial charge in [0.1, 0.15) is 0 Å². The molecule has 0 bridgehead atoms. The van der Waals surface area contributed by atoms with Crippen LogP contribution in [0.3, 0.4) is 0 Å². The Balaban J connectivity index is 0.00000121. The summed E-state index contributed by atoms with van der Waals surface area (Å²) in [5.41, 5.74) is 1.66. The summed E-state index contributed by atoms with van der Waals surface area (Å²) in [5, 5.41) is 3.41. The first kappa shape index (κ1) is 12.0. The molecule has 0 unspecified atom stereocenters. The van der Waals surface area contributed by atoms with Crippen molar-refractivity contribution in [3.8, 4) is 0 Å². The van der Waals surface area contributed by atoms with E-state index in [0.717, 1.165) is 5.92 Å². The lowest BCUT2D eigenvalue weighted by Gasteiger charge is -2.03. The third-order valence-corrected chi connectivity index (χ3v) is 2.04. The van der Waals surface area contributed by atoms with E-state index in [1.807, 2.05) is 0 Å². The average Bonchev–Trinajstić information content (AvgIpc) is 2.14. The van der Waals surface area contributed by atoms with E-state index in [9.17, 15) is 0 Å². The molecule has 1 saturated heterocycles. The van der Waals surface area contributed by atoms with Crippen LogP contribution < -0.4 is 5.32 Å². The molecule has 1 nitrogen and oxygen atoms in total. The predicted octanol–water partition coefficient (Wildman–Crippen LogP) is 2.76. The highest BCUT2D eigenvalue weighted by atomic mass is 35.5. The van der Waals surface area contributed by atoms with Crippen molar-refractivity contribution in [3.05, 3.63) is 11.6 Å². The monoisotopic (exact) mass is 189 g/mol. The van der Waals surface area contributed by atoms with Gasteiger partial charge in [0.15, 0.2) is 0 Å². The first-order chi connectivity index (χ1) is 5.29. The Labute approximate surface area is 82.0 Å². The second-order valence-electron chi connectivity index (χ2n) is 3.67. The van der Waals surface area contributed by atoms with E-state index < -0.39 is 0 Å². The Kier molecular flexibility index (Phi) is 6.49. The quantitative estimate of drug-likeness (QED) is 0.626. The van der Waals surface area contributed by atoms with E-state index >= 15 is 0 Å². The lowest BCUT2D eigenvalue weighted by atomic mass is 10.0. The summed E-state index contributed by atoms with van der Waals surface area (Å²) in [6.45, 7) is 6.89. The van der Waals surface area contributed by atoms with Gasteiger partial charge in [-0.05, 0) is 38.3 Å². The minimum atomic E-state index is 0. The van der Waals surface area contributed by atoms with Gasteiger partial charge < -0.3 is 5.32 Å². The Hall–Kier alpha value is -0.0100. The molecule has 0 atom stereocenters. The van der Waals surface area contributed by atoms with Gasteiger partial charge in [0.2, 0.25) is 0 Å². The standard InChI is InChI=1S/C10H19N.ClH/c1-9(2)8-10-4-3-6-11-7-5-10;/h8-9,11H,3-7H2,1-2H3;1H/b10-8-;. The van der Waals surface area contributed by atoms with Crippen molar-refractivity contribution in [1.29, 1.82) is 0 Å². The zero-order chi connectivity index (χ0) is 8.10. The van der Waals surface area contributed by atoms with Crippen LogP contribution in [0.1, 0.15) is 33.1 Å². The lowest BCUT2D eigenvalue weighted by molar-refractivity contribution is 0.703. The number of halogens is 1. The molecule has 1 fully saturated rings. The van der Waals surface area contributed by atoms with Crippen molar-refractivity contribution in [1.82, 2.24) is 5.32 Å². The van der Waals surface area contributed by atoms with E-state index in [2.05, 4.69) is 25.2 Å². The molecular weight excluding hydrogens is 170 g/mol. The van der Waals surface area contributed by atoms with Crippen LogP contribution in [-0.2, 0) is 0 Å². The second kappa shape index (κ2) is 6.50. The van der Waals surface area contributed by atoms with Gasteiger partial charge in [-0.1, -0.05) is 25.5 Å². The molecule has 12 heavy (non-hydrogen) atoms. The minimum Gasteiger partial charge on any atom is -0.316 e. The Morgan fingerprint density at radius 3 is 2.67 bits per heavy atom. The molecule has 1 rings (SSSR count). The van der Waals surface area contributed by atoms with E-state index in [-0.39, 0.29) is 12.4 Å². The van der Waals surface area contributed by atoms with Crippen molar-refractivity contribution >= 4 is 12.4 Å². The van der Waals surface area contributed by atoms with Crippen LogP contribution in [0, 0.1) is 5.92 Å². The highest BCUT2D eigenvalue weighted by molar-refractivity contribution is 5.85. The highest BCUT2D eigenvalue weighted by Gasteiger charge is 2.03. The van der Waals surface area contributed by atoms with Crippen molar-refractivity contribution in [2.24, 2.45) is 5.92 Å².